The van der Waals surface area contributed by atoms with Gasteiger partial charge in [-0.1, -0.05) is 17.7 Å². The fraction of sp³-hybridized carbons (Fsp3) is 0.619. The van der Waals surface area contributed by atoms with Crippen LogP contribution in [-0.4, -0.2) is 56.0 Å². The van der Waals surface area contributed by atoms with E-state index in [1.807, 2.05) is 0 Å². The minimum atomic E-state index is -0.901. The van der Waals surface area contributed by atoms with Crippen LogP contribution in [0.4, 0.5) is 18.4 Å². The zero-order valence-corrected chi connectivity index (χ0v) is 18.9. The Hall–Kier alpha value is -2.13. The number of nitrogens with one attached hydrogen (secondary N) is 1. The molecule has 1 aliphatic heterocycles. The first-order chi connectivity index (χ1) is 14.5. The van der Waals surface area contributed by atoms with E-state index in [1.165, 1.54) is 13.2 Å². The van der Waals surface area contributed by atoms with Gasteiger partial charge in [0.2, 0.25) is 0 Å². The lowest BCUT2D eigenvalue weighted by molar-refractivity contribution is -0.0258. The van der Waals surface area contributed by atoms with Crippen LogP contribution >= 0.6 is 11.6 Å². The van der Waals surface area contributed by atoms with Gasteiger partial charge in [-0.05, 0) is 39.7 Å². The lowest BCUT2D eigenvalue weighted by atomic mass is 9.88. The molecule has 0 spiro atoms. The average molecular weight is 463 g/mol. The van der Waals surface area contributed by atoms with Crippen LogP contribution in [0.5, 0.6) is 0 Å². The first kappa shape index (κ1) is 25.1. The second-order valence-electron chi connectivity index (χ2n) is 8.30. The summed E-state index contributed by atoms with van der Waals surface area (Å²) in [5.41, 5.74) is -0.545. The minimum absolute atomic E-state index is 0.0527. The Kier molecular flexibility index (Phi) is 8.88. The van der Waals surface area contributed by atoms with E-state index in [0.717, 1.165) is 6.07 Å². The molecule has 7 nitrogen and oxygen atoms in total. The van der Waals surface area contributed by atoms with Gasteiger partial charge in [0.15, 0.2) is 5.82 Å². The van der Waals surface area contributed by atoms with Crippen molar-refractivity contribution in [1.29, 1.82) is 0 Å². The van der Waals surface area contributed by atoms with Crippen molar-refractivity contribution in [3.05, 3.63) is 34.4 Å². The van der Waals surface area contributed by atoms with Gasteiger partial charge in [0, 0.05) is 31.1 Å². The maximum absolute atomic E-state index is 14.8. The fourth-order valence-electron chi connectivity index (χ4n) is 3.40. The highest BCUT2D eigenvalue weighted by atomic mass is 35.5. The summed E-state index contributed by atoms with van der Waals surface area (Å²) in [4.78, 5) is 25.3. The molecule has 1 saturated heterocycles. The lowest BCUT2D eigenvalue weighted by Crippen LogP contribution is -2.44. The van der Waals surface area contributed by atoms with Crippen molar-refractivity contribution in [3.63, 3.8) is 0 Å². The maximum Gasteiger partial charge on any atom is 0.410 e. The molecular formula is C21H29ClF2N2O5. The molecular weight excluding hydrogens is 434 g/mol. The highest BCUT2D eigenvalue weighted by Gasteiger charge is 2.35. The number of amides is 2. The summed E-state index contributed by atoms with van der Waals surface area (Å²) in [5, 5.41) is 1.87. The Bertz CT molecular complexity index is 788. The Morgan fingerprint density at radius 2 is 2.03 bits per heavy atom. The van der Waals surface area contributed by atoms with Crippen molar-refractivity contribution in [2.24, 2.45) is 5.92 Å². The summed E-state index contributed by atoms with van der Waals surface area (Å²) >= 11 is 5.78. The molecule has 2 amide bonds. The molecule has 0 unspecified atom stereocenters. The number of hydrogen-bond donors (Lipinski definition) is 1. The molecule has 1 aromatic carbocycles. The molecule has 0 radical (unpaired) electrons. The predicted octanol–water partition coefficient (Wildman–Crippen LogP) is 4.68. The van der Waals surface area contributed by atoms with Crippen molar-refractivity contribution >= 4 is 23.8 Å². The van der Waals surface area contributed by atoms with Crippen LogP contribution < -0.4 is 5.32 Å². The smallest absolute Gasteiger partial charge is 0.410 e. The van der Waals surface area contributed by atoms with Crippen molar-refractivity contribution < 1.29 is 32.6 Å². The third-order valence-corrected chi connectivity index (χ3v) is 5.11. The van der Waals surface area contributed by atoms with Crippen LogP contribution in [0, 0.1) is 17.6 Å². The predicted molar refractivity (Wildman–Crippen MR) is 111 cm³/mol. The number of rotatable bonds is 6. The number of halogens is 3. The first-order valence-electron chi connectivity index (χ1n) is 10.1. The van der Waals surface area contributed by atoms with Crippen molar-refractivity contribution in [3.8, 4) is 0 Å². The Morgan fingerprint density at radius 1 is 1.32 bits per heavy atom. The molecule has 1 N–H and O–H groups in total. The molecule has 31 heavy (non-hydrogen) atoms. The van der Waals surface area contributed by atoms with E-state index in [-0.39, 0.29) is 31.2 Å². The lowest BCUT2D eigenvalue weighted by Gasteiger charge is -2.37. The van der Waals surface area contributed by atoms with Gasteiger partial charge in [0.05, 0.1) is 19.8 Å². The molecule has 1 heterocycles. The van der Waals surface area contributed by atoms with Gasteiger partial charge in [-0.3, -0.25) is 0 Å². The van der Waals surface area contributed by atoms with Gasteiger partial charge < -0.3 is 24.4 Å². The summed E-state index contributed by atoms with van der Waals surface area (Å²) in [6.45, 7) is 6.31. The molecule has 1 aromatic rings. The molecule has 0 aliphatic carbocycles. The normalized spacial score (nSPS) is 17.8. The number of methoxy groups -OCH3 is 1. The highest BCUT2D eigenvalue weighted by molar-refractivity contribution is 6.30. The van der Waals surface area contributed by atoms with Crippen molar-refractivity contribution in [1.82, 2.24) is 10.2 Å². The van der Waals surface area contributed by atoms with Crippen LogP contribution in [0.25, 0.3) is 0 Å². The SMILES string of the molecule is COC(=O)NCCO[C@@H](c1ccc(F)c(Cl)c1F)[C@@H]1CCCN(C(=O)OC(C)(C)C)C1. The zero-order valence-electron chi connectivity index (χ0n) is 18.2. The van der Waals surface area contributed by atoms with Gasteiger partial charge in [-0.2, -0.15) is 0 Å². The maximum atomic E-state index is 14.8. The van der Waals surface area contributed by atoms with Gasteiger partial charge >= 0.3 is 12.2 Å². The summed E-state index contributed by atoms with van der Waals surface area (Å²) in [6.07, 6.45) is -0.558. The standard InChI is InChI=1S/C21H29ClF2N2O5/c1-21(2,3)31-20(28)26-10-5-6-13(12-26)18(30-11-9-25-19(27)29-4)14-7-8-15(23)16(22)17(14)24/h7-8,13,18H,5-6,9-12H2,1-4H3,(H,25,27)/t13-,18-/m1/s1. The number of ether oxygens (including phenoxy) is 3. The molecule has 174 valence electrons. The second-order valence-corrected chi connectivity index (χ2v) is 8.68. The largest absolute Gasteiger partial charge is 0.453 e. The van der Waals surface area contributed by atoms with E-state index in [1.54, 1.807) is 25.7 Å². The summed E-state index contributed by atoms with van der Waals surface area (Å²) in [6, 6.07) is 2.37. The Labute approximate surface area is 186 Å². The number of piperidine rings is 1. The summed E-state index contributed by atoms with van der Waals surface area (Å²) in [7, 11) is 1.24. The molecule has 0 bridgehead atoms. The third kappa shape index (κ3) is 7.21. The Balaban J connectivity index is 2.20. The minimum Gasteiger partial charge on any atom is -0.453 e. The van der Waals surface area contributed by atoms with E-state index >= 15 is 0 Å². The molecule has 1 fully saturated rings. The van der Waals surface area contributed by atoms with E-state index < -0.39 is 40.5 Å². The van der Waals surface area contributed by atoms with Crippen LogP contribution in [0.1, 0.15) is 45.3 Å². The van der Waals surface area contributed by atoms with Crippen LogP contribution in [0.3, 0.4) is 0 Å². The van der Waals surface area contributed by atoms with E-state index in [4.69, 9.17) is 21.1 Å². The quantitative estimate of drug-likeness (QED) is 0.490. The number of carbonyl (C=O) groups is 2. The van der Waals surface area contributed by atoms with Gasteiger partial charge in [0.1, 0.15) is 16.4 Å². The third-order valence-electron chi connectivity index (χ3n) is 4.76. The second kappa shape index (κ2) is 10.9. The zero-order chi connectivity index (χ0) is 23.2. The summed E-state index contributed by atoms with van der Waals surface area (Å²) in [5.74, 6) is -2.05. The molecule has 2 atom stereocenters. The fourth-order valence-corrected chi connectivity index (χ4v) is 3.57. The van der Waals surface area contributed by atoms with Crippen molar-refractivity contribution in [2.75, 3.05) is 33.4 Å². The topological polar surface area (TPSA) is 77.1 Å². The van der Waals surface area contributed by atoms with Crippen LogP contribution in [0.15, 0.2) is 12.1 Å². The number of nitrogens with zero attached hydrogens (tertiary/aromatic N) is 1. The van der Waals surface area contributed by atoms with E-state index in [2.05, 4.69) is 10.1 Å². The number of benzene rings is 1. The monoisotopic (exact) mass is 462 g/mol. The molecule has 10 heteroatoms. The molecule has 0 saturated carbocycles. The van der Waals surface area contributed by atoms with E-state index in [0.29, 0.717) is 19.4 Å². The Morgan fingerprint density at radius 3 is 2.68 bits per heavy atom. The molecule has 1 aliphatic rings. The number of alkyl carbamates (subject to hydrolysis) is 1. The molecule has 0 aromatic heterocycles. The average Bonchev–Trinajstić information content (AvgIpc) is 2.71. The first-order valence-corrected chi connectivity index (χ1v) is 10.5. The van der Waals surface area contributed by atoms with Crippen LogP contribution in [-0.2, 0) is 14.2 Å². The number of hydrogen-bond acceptors (Lipinski definition) is 5. The van der Waals surface area contributed by atoms with Crippen LogP contribution in [0.2, 0.25) is 5.02 Å². The van der Waals surface area contributed by atoms with Crippen molar-refractivity contribution in [2.45, 2.75) is 45.3 Å². The summed E-state index contributed by atoms with van der Waals surface area (Å²) < 4.78 is 44.3. The molecule has 2 rings (SSSR count). The van der Waals surface area contributed by atoms with E-state index in [9.17, 15) is 18.4 Å². The highest BCUT2D eigenvalue weighted by Crippen LogP contribution is 2.37. The van der Waals surface area contributed by atoms with Gasteiger partial charge in [-0.25, -0.2) is 18.4 Å². The van der Waals surface area contributed by atoms with Gasteiger partial charge in [-0.15, -0.1) is 0 Å². The van der Waals surface area contributed by atoms with Gasteiger partial charge in [0.25, 0.3) is 0 Å². The number of carbonyl (C=O) groups excluding carboxylic acids is 2. The number of likely N-dealkylation sites (tertiary alicyclic amines) is 1.